The molecule has 28 heavy (non-hydrogen) atoms. The number of aromatic nitrogens is 2. The van der Waals surface area contributed by atoms with E-state index < -0.39 is 17.4 Å². The van der Waals surface area contributed by atoms with Crippen LogP contribution in [0.3, 0.4) is 0 Å². The van der Waals surface area contributed by atoms with Crippen LogP contribution in [-0.4, -0.2) is 40.6 Å². The highest BCUT2D eigenvalue weighted by atomic mass is 35.5. The van der Waals surface area contributed by atoms with Gasteiger partial charge in [-0.05, 0) is 63.2 Å². The molecule has 4 saturated carbocycles. The van der Waals surface area contributed by atoms with Gasteiger partial charge in [0.15, 0.2) is 0 Å². The van der Waals surface area contributed by atoms with Gasteiger partial charge in [0.25, 0.3) is 5.56 Å². The lowest BCUT2D eigenvalue weighted by atomic mass is 9.48. The van der Waals surface area contributed by atoms with Gasteiger partial charge in [-0.3, -0.25) is 9.59 Å². The maximum absolute atomic E-state index is 13.1. The standard InChI is InChI=1S/C20H28ClN3O4/c1-2-28-5-3-4-22-15-11-23-24(18(25)17(15)21)20-9-12-6-13(10-20)8-14(7-12)16(20)19(26)27/h11-14,16,22H,2-10H2,1H3,(H,26,27)/t12-,13-,14?,16-,20?/m0/s1. The van der Waals surface area contributed by atoms with Crippen molar-refractivity contribution in [3.8, 4) is 0 Å². The first-order valence-electron chi connectivity index (χ1n) is 10.3. The van der Waals surface area contributed by atoms with Crippen molar-refractivity contribution in [1.29, 1.82) is 0 Å². The van der Waals surface area contributed by atoms with Crippen LogP contribution < -0.4 is 10.9 Å². The van der Waals surface area contributed by atoms with Crippen LogP contribution in [0.5, 0.6) is 0 Å². The van der Waals surface area contributed by atoms with E-state index in [1.165, 1.54) is 4.68 Å². The van der Waals surface area contributed by atoms with Gasteiger partial charge in [0.2, 0.25) is 0 Å². The first-order valence-corrected chi connectivity index (χ1v) is 10.7. The molecule has 5 rings (SSSR count). The zero-order valence-electron chi connectivity index (χ0n) is 16.2. The van der Waals surface area contributed by atoms with Gasteiger partial charge in [0.1, 0.15) is 5.02 Å². The fourth-order valence-electron chi connectivity index (χ4n) is 6.15. The first-order chi connectivity index (χ1) is 13.5. The summed E-state index contributed by atoms with van der Waals surface area (Å²) in [6.07, 6.45) is 6.84. The van der Waals surface area contributed by atoms with E-state index in [1.807, 2.05) is 6.92 Å². The Labute approximate surface area is 169 Å². The number of hydrogen-bond donors (Lipinski definition) is 2. The summed E-state index contributed by atoms with van der Waals surface area (Å²) >= 11 is 6.39. The quantitative estimate of drug-likeness (QED) is 0.641. The lowest BCUT2D eigenvalue weighted by molar-refractivity contribution is -0.168. The molecular formula is C20H28ClN3O4. The third-order valence-electron chi connectivity index (χ3n) is 6.87. The highest BCUT2D eigenvalue weighted by molar-refractivity contribution is 6.32. The lowest BCUT2D eigenvalue weighted by Crippen LogP contribution is -2.63. The summed E-state index contributed by atoms with van der Waals surface area (Å²) in [6.45, 7) is 3.88. The molecule has 4 fully saturated rings. The zero-order valence-corrected chi connectivity index (χ0v) is 17.0. The van der Waals surface area contributed by atoms with Crippen LogP contribution in [-0.2, 0) is 15.1 Å². The Balaban J connectivity index is 1.62. The molecule has 0 aromatic carbocycles. The summed E-state index contributed by atoms with van der Waals surface area (Å²) in [5.41, 5.74) is -0.630. The van der Waals surface area contributed by atoms with Gasteiger partial charge in [0.05, 0.1) is 23.3 Å². The summed E-state index contributed by atoms with van der Waals surface area (Å²) in [5.74, 6) is -0.278. The van der Waals surface area contributed by atoms with Crippen molar-refractivity contribution >= 4 is 23.3 Å². The monoisotopic (exact) mass is 409 g/mol. The summed E-state index contributed by atoms with van der Waals surface area (Å²) in [6, 6.07) is 0. The third-order valence-corrected chi connectivity index (χ3v) is 7.23. The Bertz CT molecular complexity index is 797. The Morgan fingerprint density at radius 2 is 2.11 bits per heavy atom. The highest BCUT2D eigenvalue weighted by Crippen LogP contribution is 2.61. The fraction of sp³-hybridized carbons (Fsp3) is 0.750. The van der Waals surface area contributed by atoms with Crippen molar-refractivity contribution in [3.05, 3.63) is 21.6 Å². The summed E-state index contributed by atoms with van der Waals surface area (Å²) in [7, 11) is 0. The second-order valence-electron chi connectivity index (χ2n) is 8.59. The number of carboxylic acid groups (broad SMARTS) is 1. The number of hydrogen-bond acceptors (Lipinski definition) is 5. The van der Waals surface area contributed by atoms with Gasteiger partial charge in [0, 0.05) is 19.8 Å². The molecule has 4 bridgehead atoms. The molecule has 0 amide bonds. The van der Waals surface area contributed by atoms with E-state index in [4.69, 9.17) is 16.3 Å². The maximum Gasteiger partial charge on any atom is 0.309 e. The average Bonchev–Trinajstić information content (AvgIpc) is 2.63. The van der Waals surface area contributed by atoms with Gasteiger partial charge in [-0.2, -0.15) is 5.10 Å². The van der Waals surface area contributed by atoms with Crippen LogP contribution in [0.4, 0.5) is 5.69 Å². The van der Waals surface area contributed by atoms with Crippen molar-refractivity contribution in [1.82, 2.24) is 9.78 Å². The molecule has 0 spiro atoms. The second-order valence-corrected chi connectivity index (χ2v) is 8.97. The molecule has 4 aliphatic carbocycles. The fourth-order valence-corrected chi connectivity index (χ4v) is 6.34. The Morgan fingerprint density at radius 3 is 2.75 bits per heavy atom. The topological polar surface area (TPSA) is 93.4 Å². The molecule has 3 atom stereocenters. The van der Waals surface area contributed by atoms with E-state index >= 15 is 0 Å². The van der Waals surface area contributed by atoms with Gasteiger partial charge >= 0.3 is 5.97 Å². The van der Waals surface area contributed by atoms with Crippen molar-refractivity contribution in [3.63, 3.8) is 0 Å². The van der Waals surface area contributed by atoms with Crippen LogP contribution in [0.2, 0.25) is 5.02 Å². The predicted molar refractivity (Wildman–Crippen MR) is 106 cm³/mol. The molecule has 7 nitrogen and oxygen atoms in total. The largest absolute Gasteiger partial charge is 0.481 e. The number of anilines is 1. The molecule has 0 radical (unpaired) electrons. The maximum atomic E-state index is 13.1. The number of nitrogens with zero attached hydrogens (tertiary/aromatic N) is 2. The molecule has 0 unspecified atom stereocenters. The number of nitrogens with one attached hydrogen (secondary N) is 1. The molecule has 1 heterocycles. The van der Waals surface area contributed by atoms with Crippen LogP contribution in [0.15, 0.2) is 11.0 Å². The minimum atomic E-state index is -0.813. The average molecular weight is 410 g/mol. The Morgan fingerprint density at radius 1 is 1.39 bits per heavy atom. The molecule has 8 heteroatoms. The van der Waals surface area contributed by atoms with Crippen molar-refractivity contribution in [2.45, 2.75) is 51.0 Å². The highest BCUT2D eigenvalue weighted by Gasteiger charge is 2.61. The molecule has 4 aliphatic rings. The van der Waals surface area contributed by atoms with Gasteiger partial charge in [-0.1, -0.05) is 11.6 Å². The number of aliphatic carboxylic acids is 1. The van der Waals surface area contributed by atoms with E-state index in [2.05, 4.69) is 10.4 Å². The van der Waals surface area contributed by atoms with Crippen molar-refractivity contribution in [2.24, 2.45) is 23.7 Å². The molecular weight excluding hydrogens is 382 g/mol. The zero-order chi connectivity index (χ0) is 19.9. The lowest BCUT2D eigenvalue weighted by Gasteiger charge is -2.59. The van der Waals surface area contributed by atoms with E-state index in [0.29, 0.717) is 50.1 Å². The van der Waals surface area contributed by atoms with E-state index in [1.54, 1.807) is 6.20 Å². The summed E-state index contributed by atoms with van der Waals surface area (Å²) in [5, 5.41) is 17.6. The van der Waals surface area contributed by atoms with Crippen LogP contribution in [0, 0.1) is 23.7 Å². The summed E-state index contributed by atoms with van der Waals surface area (Å²) < 4.78 is 6.73. The number of halogens is 1. The van der Waals surface area contributed by atoms with Gasteiger partial charge in [-0.15, -0.1) is 0 Å². The van der Waals surface area contributed by atoms with Crippen LogP contribution in [0.1, 0.15) is 45.4 Å². The Hall–Kier alpha value is -1.60. The van der Waals surface area contributed by atoms with E-state index in [9.17, 15) is 14.7 Å². The molecule has 0 saturated heterocycles. The minimum Gasteiger partial charge on any atom is -0.481 e. The molecule has 0 aliphatic heterocycles. The Kier molecular flexibility index (Phi) is 5.40. The SMILES string of the molecule is CCOCCCNc1cnn(C23C[C@@H]4CC(C[C@H](C4)C2)[C@H]3C(=O)O)c(=O)c1Cl. The summed E-state index contributed by atoms with van der Waals surface area (Å²) in [4.78, 5) is 25.3. The molecule has 1 aromatic rings. The number of carbonyl (C=O) groups is 1. The smallest absolute Gasteiger partial charge is 0.309 e. The molecule has 1 aromatic heterocycles. The van der Waals surface area contributed by atoms with Crippen molar-refractivity contribution in [2.75, 3.05) is 25.1 Å². The van der Waals surface area contributed by atoms with Crippen LogP contribution in [0.25, 0.3) is 0 Å². The van der Waals surface area contributed by atoms with Crippen molar-refractivity contribution < 1.29 is 14.6 Å². The van der Waals surface area contributed by atoms with Gasteiger partial charge in [-0.25, -0.2) is 4.68 Å². The van der Waals surface area contributed by atoms with Crippen LogP contribution >= 0.6 is 11.6 Å². The number of rotatable bonds is 8. The minimum absolute atomic E-state index is 0.0892. The van der Waals surface area contributed by atoms with Gasteiger partial charge < -0.3 is 15.2 Å². The van der Waals surface area contributed by atoms with E-state index in [-0.39, 0.29) is 16.5 Å². The predicted octanol–water partition coefficient (Wildman–Crippen LogP) is 2.97. The van der Waals surface area contributed by atoms with E-state index in [0.717, 1.165) is 25.7 Å². The second kappa shape index (κ2) is 7.67. The third kappa shape index (κ3) is 3.22. The number of ether oxygens (including phenoxy) is 1. The number of carboxylic acids is 1. The molecule has 154 valence electrons. The molecule has 2 N–H and O–H groups in total. The first kappa shape index (κ1) is 19.7. The normalized spacial score (nSPS) is 33.2.